The molecule has 6 nitrogen and oxygen atoms in total. The Morgan fingerprint density at radius 3 is 2.71 bits per heavy atom. The van der Waals surface area contributed by atoms with E-state index in [2.05, 4.69) is 10.6 Å². The number of urea groups is 1. The van der Waals surface area contributed by atoms with E-state index in [1.807, 2.05) is 0 Å². The molecule has 0 saturated carbocycles. The third-order valence-corrected chi connectivity index (χ3v) is 2.64. The fourth-order valence-corrected chi connectivity index (χ4v) is 1.61. The fourth-order valence-electron chi connectivity index (χ4n) is 1.61. The van der Waals surface area contributed by atoms with E-state index in [-0.39, 0.29) is 12.1 Å². The number of carbonyl (C=O) groups is 2. The number of rotatable bonds is 7. The number of aliphatic carboxylic acids is 1. The van der Waals surface area contributed by atoms with E-state index in [4.69, 9.17) is 9.84 Å². The lowest BCUT2D eigenvalue weighted by Crippen LogP contribution is -2.43. The highest BCUT2D eigenvalue weighted by Crippen LogP contribution is 2.16. The van der Waals surface area contributed by atoms with Crippen LogP contribution in [0, 0.1) is 11.6 Å². The Labute approximate surface area is 120 Å². The zero-order valence-corrected chi connectivity index (χ0v) is 11.4. The maximum atomic E-state index is 13.4. The molecule has 1 atom stereocenters. The van der Waals surface area contributed by atoms with Gasteiger partial charge >= 0.3 is 12.0 Å². The van der Waals surface area contributed by atoms with Crippen LogP contribution in [0.4, 0.5) is 19.3 Å². The predicted molar refractivity (Wildman–Crippen MR) is 71.0 cm³/mol. The molecule has 0 aromatic heterocycles. The molecule has 0 fully saturated rings. The van der Waals surface area contributed by atoms with E-state index in [1.165, 1.54) is 19.2 Å². The van der Waals surface area contributed by atoms with E-state index in [1.54, 1.807) is 0 Å². The molecule has 1 aromatic carbocycles. The van der Waals surface area contributed by atoms with Gasteiger partial charge in [0.25, 0.3) is 0 Å². The van der Waals surface area contributed by atoms with Gasteiger partial charge in [-0.15, -0.1) is 0 Å². The first-order valence-electron chi connectivity index (χ1n) is 6.19. The number of halogens is 2. The number of anilines is 1. The Morgan fingerprint density at radius 2 is 2.10 bits per heavy atom. The van der Waals surface area contributed by atoms with Crippen LogP contribution in [0.5, 0.6) is 0 Å². The second-order valence-corrected chi connectivity index (χ2v) is 4.23. The summed E-state index contributed by atoms with van der Waals surface area (Å²) in [7, 11) is 1.47. The second-order valence-electron chi connectivity index (χ2n) is 4.23. The number of benzene rings is 1. The quantitative estimate of drug-likeness (QED) is 0.672. The van der Waals surface area contributed by atoms with E-state index in [0.717, 1.165) is 6.07 Å². The Balaban J connectivity index is 2.61. The van der Waals surface area contributed by atoms with Gasteiger partial charge in [-0.3, -0.25) is 0 Å². The third-order valence-electron chi connectivity index (χ3n) is 2.64. The normalized spacial score (nSPS) is 11.8. The van der Waals surface area contributed by atoms with Gasteiger partial charge in [-0.05, 0) is 25.0 Å². The molecule has 2 amide bonds. The number of amides is 2. The smallest absolute Gasteiger partial charge is 0.326 e. The molecule has 1 rings (SSSR count). The number of hydrogen-bond acceptors (Lipinski definition) is 3. The molecule has 0 aliphatic carbocycles. The summed E-state index contributed by atoms with van der Waals surface area (Å²) in [5.74, 6) is -3.54. The lowest BCUT2D eigenvalue weighted by atomic mass is 10.1. The molecule has 21 heavy (non-hydrogen) atoms. The van der Waals surface area contributed by atoms with Gasteiger partial charge in [-0.1, -0.05) is 6.07 Å². The van der Waals surface area contributed by atoms with Crippen molar-refractivity contribution in [3.8, 4) is 0 Å². The minimum Gasteiger partial charge on any atom is -0.480 e. The van der Waals surface area contributed by atoms with Gasteiger partial charge in [-0.25, -0.2) is 18.4 Å². The molecule has 8 heteroatoms. The van der Waals surface area contributed by atoms with Gasteiger partial charge in [-0.2, -0.15) is 0 Å². The standard InChI is InChI=1S/C13H16F2N2O4/c1-21-7-3-6-10(12(18)19)17-13(20)16-9-5-2-4-8(14)11(9)15/h2,4-5,10H,3,6-7H2,1H3,(H,18,19)(H2,16,17,20). The first kappa shape index (κ1) is 16.8. The molecular weight excluding hydrogens is 286 g/mol. The summed E-state index contributed by atoms with van der Waals surface area (Å²) in [6.07, 6.45) is 0.588. The third kappa shape index (κ3) is 5.35. The van der Waals surface area contributed by atoms with Crippen molar-refractivity contribution in [2.24, 2.45) is 0 Å². The van der Waals surface area contributed by atoms with Gasteiger partial charge in [0.05, 0.1) is 5.69 Å². The van der Waals surface area contributed by atoms with Crippen LogP contribution in [-0.2, 0) is 9.53 Å². The van der Waals surface area contributed by atoms with Crippen molar-refractivity contribution in [3.63, 3.8) is 0 Å². The van der Waals surface area contributed by atoms with Crippen molar-refractivity contribution in [2.45, 2.75) is 18.9 Å². The molecule has 0 aliphatic rings. The topological polar surface area (TPSA) is 87.7 Å². The summed E-state index contributed by atoms with van der Waals surface area (Å²) in [4.78, 5) is 22.6. The highest BCUT2D eigenvalue weighted by Gasteiger charge is 2.20. The summed E-state index contributed by atoms with van der Waals surface area (Å²) in [5.41, 5.74) is -0.367. The molecule has 0 spiro atoms. The molecule has 0 bridgehead atoms. The Kier molecular flexibility index (Phi) is 6.54. The van der Waals surface area contributed by atoms with Crippen LogP contribution in [0.1, 0.15) is 12.8 Å². The molecule has 1 unspecified atom stereocenters. The number of hydrogen-bond donors (Lipinski definition) is 3. The van der Waals surface area contributed by atoms with Gasteiger partial charge < -0.3 is 20.5 Å². The molecule has 3 N–H and O–H groups in total. The van der Waals surface area contributed by atoms with Crippen molar-refractivity contribution >= 4 is 17.7 Å². The largest absolute Gasteiger partial charge is 0.480 e. The Morgan fingerprint density at radius 1 is 1.38 bits per heavy atom. The van der Waals surface area contributed by atoms with E-state index in [0.29, 0.717) is 13.0 Å². The molecule has 1 aromatic rings. The number of methoxy groups -OCH3 is 1. The lowest BCUT2D eigenvalue weighted by molar-refractivity contribution is -0.139. The monoisotopic (exact) mass is 302 g/mol. The highest BCUT2D eigenvalue weighted by atomic mass is 19.2. The van der Waals surface area contributed by atoms with Gasteiger partial charge in [0.15, 0.2) is 11.6 Å². The highest BCUT2D eigenvalue weighted by molar-refractivity contribution is 5.92. The fraction of sp³-hybridized carbons (Fsp3) is 0.385. The summed E-state index contributed by atoms with van der Waals surface area (Å²) in [6.45, 7) is 0.353. The van der Waals surface area contributed by atoms with E-state index >= 15 is 0 Å². The van der Waals surface area contributed by atoms with Gasteiger partial charge in [0.1, 0.15) is 6.04 Å². The van der Waals surface area contributed by atoms with Gasteiger partial charge in [0, 0.05) is 13.7 Å². The summed E-state index contributed by atoms with van der Waals surface area (Å²) in [6, 6.07) is 1.23. The summed E-state index contributed by atoms with van der Waals surface area (Å²) in [5, 5.41) is 13.2. The van der Waals surface area contributed by atoms with Crippen molar-refractivity contribution in [2.75, 3.05) is 19.0 Å². The van der Waals surface area contributed by atoms with Crippen LogP contribution in [-0.4, -0.2) is 36.9 Å². The van der Waals surface area contributed by atoms with Crippen LogP contribution in [0.15, 0.2) is 18.2 Å². The maximum Gasteiger partial charge on any atom is 0.326 e. The minimum atomic E-state index is -1.22. The summed E-state index contributed by atoms with van der Waals surface area (Å²) < 4.78 is 31.1. The van der Waals surface area contributed by atoms with Crippen LogP contribution in [0.25, 0.3) is 0 Å². The number of ether oxygens (including phenoxy) is 1. The zero-order valence-electron chi connectivity index (χ0n) is 11.4. The predicted octanol–water partition coefficient (Wildman–Crippen LogP) is 1.97. The number of carboxylic acids is 1. The van der Waals surface area contributed by atoms with Crippen LogP contribution in [0.3, 0.4) is 0 Å². The van der Waals surface area contributed by atoms with Crippen molar-refractivity contribution in [1.82, 2.24) is 5.32 Å². The maximum absolute atomic E-state index is 13.4. The first-order valence-corrected chi connectivity index (χ1v) is 6.19. The van der Waals surface area contributed by atoms with Crippen LogP contribution in [0.2, 0.25) is 0 Å². The minimum absolute atomic E-state index is 0.155. The Hall–Kier alpha value is -2.22. The average Bonchev–Trinajstić information content (AvgIpc) is 2.43. The van der Waals surface area contributed by atoms with Crippen molar-refractivity contribution in [3.05, 3.63) is 29.8 Å². The lowest BCUT2D eigenvalue weighted by Gasteiger charge is -2.15. The molecule has 0 saturated heterocycles. The second kappa shape index (κ2) is 8.15. The number of carboxylic acid groups (broad SMARTS) is 1. The number of carbonyl (C=O) groups excluding carboxylic acids is 1. The Bertz CT molecular complexity index is 511. The van der Waals surface area contributed by atoms with Crippen molar-refractivity contribution in [1.29, 1.82) is 0 Å². The molecule has 0 radical (unpaired) electrons. The van der Waals surface area contributed by atoms with Crippen LogP contribution >= 0.6 is 0 Å². The molecule has 0 aliphatic heterocycles. The zero-order chi connectivity index (χ0) is 15.8. The van der Waals surface area contributed by atoms with Gasteiger partial charge in [0.2, 0.25) is 0 Å². The SMILES string of the molecule is COCCCC(NC(=O)Nc1cccc(F)c1F)C(=O)O. The van der Waals surface area contributed by atoms with E-state index in [9.17, 15) is 18.4 Å². The average molecular weight is 302 g/mol. The summed E-state index contributed by atoms with van der Waals surface area (Å²) >= 11 is 0. The van der Waals surface area contributed by atoms with Crippen molar-refractivity contribution < 1.29 is 28.2 Å². The first-order chi connectivity index (χ1) is 9.95. The van der Waals surface area contributed by atoms with E-state index < -0.39 is 29.7 Å². The number of nitrogens with one attached hydrogen (secondary N) is 2. The van der Waals surface area contributed by atoms with Crippen LogP contribution < -0.4 is 10.6 Å². The molecular formula is C13H16F2N2O4. The molecule has 116 valence electrons. The molecule has 0 heterocycles.